The Morgan fingerprint density at radius 2 is 1.95 bits per heavy atom. The predicted octanol–water partition coefficient (Wildman–Crippen LogP) is 3.36. The van der Waals surface area contributed by atoms with Crippen molar-refractivity contribution in [2.45, 2.75) is 57.5 Å². The van der Waals surface area contributed by atoms with Gasteiger partial charge in [-0.1, -0.05) is 31.0 Å². The minimum Gasteiger partial charge on any atom is -0.367 e. The molecule has 1 aromatic rings. The van der Waals surface area contributed by atoms with Gasteiger partial charge in [0, 0.05) is 30.9 Å². The van der Waals surface area contributed by atoms with Gasteiger partial charge >= 0.3 is 0 Å². The number of anilines is 1. The number of rotatable bonds is 4. The van der Waals surface area contributed by atoms with Crippen LogP contribution in [-0.2, 0) is 6.42 Å². The average molecular weight is 258 g/mol. The number of fused-ring (bicyclic) bond motifs is 1. The first-order chi connectivity index (χ1) is 9.34. The summed E-state index contributed by atoms with van der Waals surface area (Å²) in [5.74, 6) is 0. The van der Waals surface area contributed by atoms with Crippen LogP contribution in [0.25, 0.3) is 0 Å². The molecule has 0 radical (unpaired) electrons. The van der Waals surface area contributed by atoms with Crippen LogP contribution in [0.4, 0.5) is 5.69 Å². The monoisotopic (exact) mass is 258 g/mol. The van der Waals surface area contributed by atoms with Gasteiger partial charge in [0.05, 0.1) is 0 Å². The van der Waals surface area contributed by atoms with E-state index >= 15 is 0 Å². The Morgan fingerprint density at radius 3 is 2.79 bits per heavy atom. The van der Waals surface area contributed by atoms with Gasteiger partial charge in [-0.15, -0.1) is 0 Å². The molecule has 1 aliphatic heterocycles. The lowest BCUT2D eigenvalue weighted by molar-refractivity contribution is 0.497. The summed E-state index contributed by atoms with van der Waals surface area (Å²) in [5, 5.41) is 3.74. The third kappa shape index (κ3) is 2.94. The van der Waals surface area contributed by atoms with Crippen LogP contribution in [0.1, 0.15) is 44.6 Å². The van der Waals surface area contributed by atoms with E-state index in [4.69, 9.17) is 0 Å². The zero-order chi connectivity index (χ0) is 13.1. The van der Waals surface area contributed by atoms with Crippen LogP contribution < -0.4 is 10.2 Å². The maximum absolute atomic E-state index is 3.74. The molecule has 1 N–H and O–H groups in total. The first-order valence-corrected chi connectivity index (χ1v) is 7.92. The first-order valence-electron chi connectivity index (χ1n) is 7.92. The van der Waals surface area contributed by atoms with Gasteiger partial charge in [0.15, 0.2) is 0 Å². The Morgan fingerprint density at radius 1 is 1.16 bits per heavy atom. The summed E-state index contributed by atoms with van der Waals surface area (Å²) >= 11 is 0. The van der Waals surface area contributed by atoms with Crippen molar-refractivity contribution in [3.8, 4) is 0 Å². The van der Waals surface area contributed by atoms with Gasteiger partial charge in [-0.25, -0.2) is 0 Å². The molecular weight excluding hydrogens is 232 g/mol. The standard InChI is InChI=1S/C17H26N2/c1-14-10-11-15-6-2-5-9-17(15)19(14)13-12-18-16-7-3-4-8-16/h2,5-6,9,14,16,18H,3-4,7-8,10-13H2,1H3. The van der Waals surface area contributed by atoms with Crippen LogP contribution in [0.3, 0.4) is 0 Å². The smallest absolute Gasteiger partial charge is 0.0401 e. The highest BCUT2D eigenvalue weighted by molar-refractivity contribution is 5.56. The topological polar surface area (TPSA) is 15.3 Å². The highest BCUT2D eigenvalue weighted by Gasteiger charge is 2.22. The largest absolute Gasteiger partial charge is 0.367 e. The molecule has 2 heteroatoms. The van der Waals surface area contributed by atoms with Gasteiger partial charge in [0.1, 0.15) is 0 Å². The van der Waals surface area contributed by atoms with E-state index in [9.17, 15) is 0 Å². The number of nitrogens with one attached hydrogen (secondary N) is 1. The summed E-state index contributed by atoms with van der Waals surface area (Å²) in [6.07, 6.45) is 8.13. The van der Waals surface area contributed by atoms with Crippen molar-refractivity contribution in [2.75, 3.05) is 18.0 Å². The lowest BCUT2D eigenvalue weighted by Gasteiger charge is -2.37. The number of aryl methyl sites for hydroxylation is 1. The molecule has 0 saturated heterocycles. The number of para-hydroxylation sites is 1. The fraction of sp³-hybridized carbons (Fsp3) is 0.647. The van der Waals surface area contributed by atoms with E-state index in [1.807, 2.05) is 0 Å². The van der Waals surface area contributed by atoms with Crippen molar-refractivity contribution < 1.29 is 0 Å². The van der Waals surface area contributed by atoms with Crippen LogP contribution in [0.15, 0.2) is 24.3 Å². The Hall–Kier alpha value is -1.02. The fourth-order valence-electron chi connectivity index (χ4n) is 3.62. The molecule has 0 amide bonds. The molecule has 1 saturated carbocycles. The predicted molar refractivity (Wildman–Crippen MR) is 81.8 cm³/mol. The normalized spacial score (nSPS) is 23.6. The number of hydrogen-bond donors (Lipinski definition) is 1. The summed E-state index contributed by atoms with van der Waals surface area (Å²) < 4.78 is 0. The number of hydrogen-bond acceptors (Lipinski definition) is 2. The molecule has 104 valence electrons. The van der Waals surface area contributed by atoms with Gasteiger partial charge in [-0.2, -0.15) is 0 Å². The van der Waals surface area contributed by atoms with Crippen molar-refractivity contribution >= 4 is 5.69 Å². The van der Waals surface area contributed by atoms with Crippen LogP contribution in [0.2, 0.25) is 0 Å². The SMILES string of the molecule is CC1CCc2ccccc2N1CCNC1CCCC1. The summed E-state index contributed by atoms with van der Waals surface area (Å²) in [4.78, 5) is 2.60. The zero-order valence-electron chi connectivity index (χ0n) is 12.1. The van der Waals surface area contributed by atoms with E-state index in [1.54, 1.807) is 0 Å². The summed E-state index contributed by atoms with van der Waals surface area (Å²) in [5.41, 5.74) is 3.00. The lowest BCUT2D eigenvalue weighted by atomic mass is 9.97. The van der Waals surface area contributed by atoms with E-state index in [0.717, 1.165) is 19.1 Å². The third-order valence-electron chi connectivity index (χ3n) is 4.81. The van der Waals surface area contributed by atoms with Crippen LogP contribution in [0.5, 0.6) is 0 Å². The second kappa shape index (κ2) is 5.96. The first kappa shape index (κ1) is 13.0. The Kier molecular flexibility index (Phi) is 4.07. The van der Waals surface area contributed by atoms with Gasteiger partial charge in [0.25, 0.3) is 0 Å². The molecule has 0 aromatic heterocycles. The molecule has 1 fully saturated rings. The van der Waals surface area contributed by atoms with Gasteiger partial charge in [-0.05, 0) is 44.2 Å². The van der Waals surface area contributed by atoms with E-state index in [2.05, 4.69) is 41.4 Å². The molecule has 0 spiro atoms. The molecule has 1 atom stereocenters. The van der Waals surface area contributed by atoms with Crippen molar-refractivity contribution in [2.24, 2.45) is 0 Å². The second-order valence-corrected chi connectivity index (χ2v) is 6.15. The van der Waals surface area contributed by atoms with Crippen molar-refractivity contribution in [1.29, 1.82) is 0 Å². The van der Waals surface area contributed by atoms with E-state index in [-0.39, 0.29) is 0 Å². The maximum atomic E-state index is 3.74. The van der Waals surface area contributed by atoms with E-state index < -0.39 is 0 Å². The number of benzene rings is 1. The molecule has 2 nitrogen and oxygen atoms in total. The number of nitrogens with zero attached hydrogens (tertiary/aromatic N) is 1. The van der Waals surface area contributed by atoms with E-state index in [1.165, 1.54) is 49.8 Å². The molecule has 2 aliphatic rings. The molecule has 3 rings (SSSR count). The Bertz CT molecular complexity index is 409. The van der Waals surface area contributed by atoms with Crippen molar-refractivity contribution in [1.82, 2.24) is 5.32 Å². The highest BCUT2D eigenvalue weighted by Crippen LogP contribution is 2.29. The van der Waals surface area contributed by atoms with Crippen LogP contribution in [0, 0.1) is 0 Å². The van der Waals surface area contributed by atoms with Gasteiger partial charge in [0.2, 0.25) is 0 Å². The molecular formula is C17H26N2. The Balaban J connectivity index is 1.59. The fourth-order valence-corrected chi connectivity index (χ4v) is 3.62. The van der Waals surface area contributed by atoms with Gasteiger partial charge in [-0.3, -0.25) is 0 Å². The maximum Gasteiger partial charge on any atom is 0.0401 e. The average Bonchev–Trinajstić information content (AvgIpc) is 2.94. The minimum atomic E-state index is 0.681. The molecule has 1 aromatic carbocycles. The van der Waals surface area contributed by atoms with Crippen molar-refractivity contribution in [3.05, 3.63) is 29.8 Å². The van der Waals surface area contributed by atoms with E-state index in [0.29, 0.717) is 6.04 Å². The zero-order valence-corrected chi connectivity index (χ0v) is 12.1. The van der Waals surface area contributed by atoms with Crippen molar-refractivity contribution in [3.63, 3.8) is 0 Å². The molecule has 19 heavy (non-hydrogen) atoms. The second-order valence-electron chi connectivity index (χ2n) is 6.15. The summed E-state index contributed by atoms with van der Waals surface area (Å²) in [7, 11) is 0. The van der Waals surface area contributed by atoms with Gasteiger partial charge < -0.3 is 10.2 Å². The minimum absolute atomic E-state index is 0.681. The molecule has 1 unspecified atom stereocenters. The highest BCUT2D eigenvalue weighted by atomic mass is 15.2. The Labute approximate surface area is 117 Å². The van der Waals surface area contributed by atoms with Crippen LogP contribution >= 0.6 is 0 Å². The molecule has 1 aliphatic carbocycles. The quantitative estimate of drug-likeness (QED) is 0.891. The lowest BCUT2D eigenvalue weighted by Crippen LogP contribution is -2.43. The summed E-state index contributed by atoms with van der Waals surface area (Å²) in [6.45, 7) is 4.64. The van der Waals surface area contributed by atoms with Crippen LogP contribution in [-0.4, -0.2) is 25.2 Å². The molecule has 1 heterocycles. The third-order valence-corrected chi connectivity index (χ3v) is 4.81. The molecule has 0 bridgehead atoms. The summed E-state index contributed by atoms with van der Waals surface area (Å²) in [6, 6.07) is 10.4.